The summed E-state index contributed by atoms with van der Waals surface area (Å²) in [5, 5.41) is 12.5. The largest absolute Gasteiger partial charge is 0.444 e. The Kier molecular flexibility index (Phi) is 4.52. The summed E-state index contributed by atoms with van der Waals surface area (Å²) in [6.07, 6.45) is 1.53. The number of β-amino-alcohol motifs (C(OH)–C–C–N with tert-alkyl or cyclic N) is 1. The molecule has 1 aliphatic heterocycles. The summed E-state index contributed by atoms with van der Waals surface area (Å²) in [7, 11) is 0. The molecule has 128 valence electrons. The van der Waals surface area contributed by atoms with E-state index in [1.807, 2.05) is 0 Å². The molecule has 0 bridgehead atoms. The Morgan fingerprint density at radius 3 is 2.57 bits per heavy atom. The highest BCUT2D eigenvalue weighted by Gasteiger charge is 2.55. The molecule has 2 amide bonds. The zero-order chi connectivity index (χ0) is 17.4. The molecule has 0 aromatic heterocycles. The first-order valence-corrected chi connectivity index (χ1v) is 7.70. The number of aliphatic hydroxyl groups is 1. The summed E-state index contributed by atoms with van der Waals surface area (Å²) in [5.74, 6) is -0.547. The van der Waals surface area contributed by atoms with Crippen molar-refractivity contribution in [2.24, 2.45) is 5.92 Å². The second kappa shape index (κ2) is 5.96. The van der Waals surface area contributed by atoms with E-state index in [4.69, 9.17) is 4.74 Å². The van der Waals surface area contributed by atoms with Crippen molar-refractivity contribution in [1.29, 1.82) is 0 Å². The summed E-state index contributed by atoms with van der Waals surface area (Å²) in [6, 6.07) is -0.845. The van der Waals surface area contributed by atoms with Gasteiger partial charge in [0.25, 0.3) is 0 Å². The minimum Gasteiger partial charge on any atom is -0.444 e. The van der Waals surface area contributed by atoms with Crippen molar-refractivity contribution in [3.05, 3.63) is 12.7 Å². The van der Waals surface area contributed by atoms with Crippen LogP contribution >= 0.6 is 0 Å². The third kappa shape index (κ3) is 3.72. The van der Waals surface area contributed by atoms with Gasteiger partial charge in [-0.3, -0.25) is 9.69 Å². The lowest BCUT2D eigenvalue weighted by Crippen LogP contribution is -2.51. The lowest BCUT2D eigenvalue weighted by atomic mass is 10.1. The minimum absolute atomic E-state index is 0.0337. The van der Waals surface area contributed by atoms with Crippen LogP contribution in [0.2, 0.25) is 0 Å². The van der Waals surface area contributed by atoms with Gasteiger partial charge in [0.2, 0.25) is 5.91 Å². The van der Waals surface area contributed by atoms with E-state index in [2.05, 4.69) is 11.9 Å². The van der Waals surface area contributed by atoms with Gasteiger partial charge < -0.3 is 20.0 Å². The maximum Gasteiger partial charge on any atom is 0.411 e. The van der Waals surface area contributed by atoms with Crippen molar-refractivity contribution in [3.63, 3.8) is 0 Å². The highest BCUT2D eigenvalue weighted by atomic mass is 16.6. The van der Waals surface area contributed by atoms with E-state index in [0.29, 0.717) is 12.7 Å². The van der Waals surface area contributed by atoms with Gasteiger partial charge >= 0.3 is 6.09 Å². The maximum absolute atomic E-state index is 12.5. The van der Waals surface area contributed by atoms with Crippen LogP contribution in [0.1, 0.15) is 33.6 Å². The zero-order valence-corrected chi connectivity index (χ0v) is 13.7. The van der Waals surface area contributed by atoms with Gasteiger partial charge in [-0.15, -0.1) is 6.58 Å². The molecule has 1 saturated heterocycles. The molecular formula is C16H24N2O5. The van der Waals surface area contributed by atoms with Gasteiger partial charge in [0, 0.05) is 12.3 Å². The number of hydrogen-bond acceptors (Lipinski definition) is 5. The third-order valence-corrected chi connectivity index (χ3v) is 4.12. The smallest absolute Gasteiger partial charge is 0.411 e. The number of carbonyl (C=O) groups is 3. The Balaban J connectivity index is 2.07. The lowest BCUT2D eigenvalue weighted by molar-refractivity contribution is -0.128. The van der Waals surface area contributed by atoms with Gasteiger partial charge in [-0.25, -0.2) is 4.79 Å². The third-order valence-electron chi connectivity index (χ3n) is 4.12. The van der Waals surface area contributed by atoms with Crippen molar-refractivity contribution in [1.82, 2.24) is 10.2 Å². The van der Waals surface area contributed by atoms with Crippen LogP contribution in [-0.2, 0) is 14.3 Å². The number of rotatable bonds is 4. The van der Waals surface area contributed by atoms with E-state index in [1.54, 1.807) is 26.8 Å². The number of aldehydes is 1. The van der Waals surface area contributed by atoms with E-state index in [9.17, 15) is 19.5 Å². The van der Waals surface area contributed by atoms with E-state index >= 15 is 0 Å². The Labute approximate surface area is 135 Å². The lowest BCUT2D eigenvalue weighted by Gasteiger charge is -2.28. The van der Waals surface area contributed by atoms with Crippen molar-refractivity contribution < 1.29 is 24.2 Å². The minimum atomic E-state index is -0.925. The highest BCUT2D eigenvalue weighted by molar-refractivity contribution is 5.90. The molecule has 2 fully saturated rings. The van der Waals surface area contributed by atoms with E-state index in [1.165, 1.54) is 4.90 Å². The van der Waals surface area contributed by atoms with Crippen LogP contribution in [0.3, 0.4) is 0 Å². The van der Waals surface area contributed by atoms with E-state index in [-0.39, 0.29) is 18.9 Å². The number of nitrogens with zero attached hydrogens (tertiary/aromatic N) is 1. The summed E-state index contributed by atoms with van der Waals surface area (Å²) in [5.41, 5.74) is -1.62. The maximum atomic E-state index is 12.5. The van der Waals surface area contributed by atoms with Crippen LogP contribution in [0, 0.1) is 5.92 Å². The number of amides is 2. The van der Waals surface area contributed by atoms with Crippen molar-refractivity contribution in [2.45, 2.75) is 56.9 Å². The van der Waals surface area contributed by atoms with Crippen LogP contribution in [0.15, 0.2) is 12.7 Å². The van der Waals surface area contributed by atoms with Crippen LogP contribution in [0.25, 0.3) is 0 Å². The number of nitrogens with one attached hydrogen (secondary N) is 1. The average molecular weight is 324 g/mol. The first-order chi connectivity index (χ1) is 10.6. The summed E-state index contributed by atoms with van der Waals surface area (Å²) >= 11 is 0. The molecule has 7 nitrogen and oxygen atoms in total. The molecule has 0 radical (unpaired) electrons. The number of likely N-dealkylation sites (tertiary alicyclic amines) is 1. The van der Waals surface area contributed by atoms with Crippen molar-refractivity contribution in [3.8, 4) is 0 Å². The Morgan fingerprint density at radius 2 is 2.09 bits per heavy atom. The molecule has 0 aromatic carbocycles. The fraction of sp³-hybridized carbons (Fsp3) is 0.688. The van der Waals surface area contributed by atoms with Crippen LogP contribution < -0.4 is 5.32 Å². The summed E-state index contributed by atoms with van der Waals surface area (Å²) in [4.78, 5) is 37.2. The SMILES string of the molecule is C=C[C@@H]1C[C@@]1(C=O)NC(=O)[C@@H]1C[C@H](O)CN1C(=O)OC(C)(C)C. The zero-order valence-electron chi connectivity index (χ0n) is 13.7. The first-order valence-electron chi connectivity index (χ1n) is 7.70. The van der Waals surface area contributed by atoms with Crippen LogP contribution in [0.4, 0.5) is 4.79 Å². The monoisotopic (exact) mass is 324 g/mol. The molecule has 23 heavy (non-hydrogen) atoms. The second-order valence-electron chi connectivity index (χ2n) is 7.23. The molecule has 7 heteroatoms. The predicted molar refractivity (Wildman–Crippen MR) is 82.6 cm³/mol. The standard InChI is InChI=1S/C16H24N2O5/c1-5-10-7-16(10,9-19)17-13(21)12-6-11(20)8-18(12)14(22)23-15(2,3)4/h5,9-12,20H,1,6-8H2,2-4H3,(H,17,21)/t10-,11+,12+,16+/m1/s1. The quantitative estimate of drug-likeness (QED) is 0.584. The van der Waals surface area contributed by atoms with Crippen molar-refractivity contribution in [2.75, 3.05) is 6.54 Å². The molecule has 1 saturated carbocycles. The molecular weight excluding hydrogens is 300 g/mol. The van der Waals surface area contributed by atoms with Gasteiger partial charge in [-0.05, 0) is 27.2 Å². The molecule has 4 atom stereocenters. The van der Waals surface area contributed by atoms with Crippen molar-refractivity contribution >= 4 is 18.3 Å². The van der Waals surface area contributed by atoms with E-state index in [0.717, 1.165) is 0 Å². The average Bonchev–Trinajstić information content (AvgIpc) is 2.99. The van der Waals surface area contributed by atoms with E-state index < -0.39 is 35.3 Å². The number of aliphatic hydroxyl groups excluding tert-OH is 1. The highest BCUT2D eigenvalue weighted by Crippen LogP contribution is 2.42. The molecule has 0 unspecified atom stereocenters. The summed E-state index contributed by atoms with van der Waals surface area (Å²) < 4.78 is 5.27. The fourth-order valence-electron chi connectivity index (χ4n) is 2.80. The van der Waals surface area contributed by atoms with Gasteiger partial charge in [-0.1, -0.05) is 6.08 Å². The molecule has 0 spiro atoms. The fourth-order valence-corrected chi connectivity index (χ4v) is 2.80. The van der Waals surface area contributed by atoms with Gasteiger partial charge in [0.05, 0.1) is 12.6 Å². The van der Waals surface area contributed by atoms with Crippen LogP contribution in [0.5, 0.6) is 0 Å². The Bertz CT molecular complexity index is 527. The van der Waals surface area contributed by atoms with Crippen LogP contribution in [-0.4, -0.2) is 58.1 Å². The number of ether oxygens (including phenoxy) is 1. The Morgan fingerprint density at radius 1 is 1.43 bits per heavy atom. The molecule has 0 aromatic rings. The predicted octanol–water partition coefficient (Wildman–Crippen LogP) is 0.616. The molecule has 1 heterocycles. The van der Waals surface area contributed by atoms with Gasteiger partial charge in [0.15, 0.2) is 0 Å². The Hall–Kier alpha value is -1.89. The number of hydrogen-bond donors (Lipinski definition) is 2. The molecule has 2 rings (SSSR count). The van der Waals surface area contributed by atoms with Gasteiger partial charge in [-0.2, -0.15) is 0 Å². The number of carbonyl (C=O) groups excluding carboxylic acids is 3. The second-order valence-corrected chi connectivity index (χ2v) is 7.23. The summed E-state index contributed by atoms with van der Waals surface area (Å²) in [6.45, 7) is 8.85. The van der Waals surface area contributed by atoms with Gasteiger partial charge in [0.1, 0.15) is 23.5 Å². The topological polar surface area (TPSA) is 95.9 Å². The first kappa shape index (κ1) is 17.5. The molecule has 1 aliphatic carbocycles. The molecule has 2 N–H and O–H groups in total. The normalized spacial score (nSPS) is 33.0. The molecule has 2 aliphatic rings.